The molecule has 0 saturated heterocycles. The smallest absolute Gasteiger partial charge is 0.305 e. The molecule has 0 fully saturated rings. The van der Waals surface area contributed by atoms with Crippen molar-refractivity contribution >= 4 is 23.2 Å². The number of quaternary nitrogens is 1. The number of amides is 2. The van der Waals surface area contributed by atoms with Crippen molar-refractivity contribution in [2.45, 2.75) is 19.4 Å². The van der Waals surface area contributed by atoms with Gasteiger partial charge in [-0.2, -0.15) is 0 Å². The first kappa shape index (κ1) is 18.9. The summed E-state index contributed by atoms with van der Waals surface area (Å²) in [4.78, 5) is 25.1. The molecule has 0 bridgehead atoms. The van der Waals surface area contributed by atoms with Crippen LogP contribution >= 0.6 is 11.3 Å². The SMILES string of the molecule is CCc1ccc([C@H]([NH2+]CC(=O)NNC(=O)c2ccco2)c2cccs2)cc1. The Morgan fingerprint density at radius 2 is 1.93 bits per heavy atom. The van der Waals surface area contributed by atoms with E-state index in [0.717, 1.165) is 12.0 Å². The fourth-order valence-electron chi connectivity index (χ4n) is 2.72. The number of nitrogens with one attached hydrogen (secondary N) is 2. The summed E-state index contributed by atoms with van der Waals surface area (Å²) >= 11 is 1.66. The van der Waals surface area contributed by atoms with E-state index in [0.29, 0.717) is 0 Å². The van der Waals surface area contributed by atoms with E-state index in [-0.39, 0.29) is 24.3 Å². The molecule has 3 aromatic rings. The number of carbonyl (C=O) groups is 2. The minimum Gasteiger partial charge on any atom is -0.459 e. The fraction of sp³-hybridized carbons (Fsp3) is 0.200. The molecule has 1 aromatic carbocycles. The molecule has 140 valence electrons. The van der Waals surface area contributed by atoms with Crippen molar-refractivity contribution in [1.29, 1.82) is 0 Å². The van der Waals surface area contributed by atoms with Crippen molar-refractivity contribution in [2.24, 2.45) is 0 Å². The van der Waals surface area contributed by atoms with Gasteiger partial charge < -0.3 is 9.73 Å². The number of aryl methyl sites for hydroxylation is 1. The highest BCUT2D eigenvalue weighted by Gasteiger charge is 2.20. The third kappa shape index (κ3) is 5.06. The number of carbonyl (C=O) groups excluding carboxylic acids is 2. The zero-order chi connectivity index (χ0) is 19.1. The molecule has 0 unspecified atom stereocenters. The number of rotatable bonds is 7. The van der Waals surface area contributed by atoms with E-state index in [1.807, 2.05) is 16.8 Å². The van der Waals surface area contributed by atoms with Crippen LogP contribution in [0.5, 0.6) is 0 Å². The molecule has 0 aliphatic heterocycles. The van der Waals surface area contributed by atoms with Gasteiger partial charge in [-0.25, -0.2) is 0 Å². The highest BCUT2D eigenvalue weighted by molar-refractivity contribution is 7.10. The lowest BCUT2D eigenvalue weighted by molar-refractivity contribution is -0.676. The average molecular weight is 384 g/mol. The Labute approximate surface area is 161 Å². The third-order valence-electron chi connectivity index (χ3n) is 4.20. The van der Waals surface area contributed by atoms with E-state index in [2.05, 4.69) is 48.1 Å². The molecule has 0 spiro atoms. The summed E-state index contributed by atoms with van der Waals surface area (Å²) in [6.45, 7) is 2.30. The lowest BCUT2D eigenvalue weighted by Crippen LogP contribution is -2.88. The molecule has 0 aliphatic rings. The lowest BCUT2D eigenvalue weighted by atomic mass is 10.0. The maximum absolute atomic E-state index is 12.1. The Hall–Kier alpha value is -2.90. The van der Waals surface area contributed by atoms with Crippen molar-refractivity contribution in [3.8, 4) is 0 Å². The summed E-state index contributed by atoms with van der Waals surface area (Å²) < 4.78 is 4.98. The van der Waals surface area contributed by atoms with Gasteiger partial charge in [-0.1, -0.05) is 37.3 Å². The van der Waals surface area contributed by atoms with Gasteiger partial charge in [-0.3, -0.25) is 20.4 Å². The van der Waals surface area contributed by atoms with E-state index in [9.17, 15) is 9.59 Å². The Morgan fingerprint density at radius 3 is 2.56 bits per heavy atom. The summed E-state index contributed by atoms with van der Waals surface area (Å²) in [7, 11) is 0. The largest absolute Gasteiger partial charge is 0.459 e. The molecule has 7 heteroatoms. The van der Waals surface area contributed by atoms with Gasteiger partial charge in [-0.05, 0) is 35.6 Å². The van der Waals surface area contributed by atoms with Gasteiger partial charge in [0.25, 0.3) is 5.91 Å². The molecule has 2 heterocycles. The maximum atomic E-state index is 12.1. The number of hydrogen-bond acceptors (Lipinski definition) is 4. The monoisotopic (exact) mass is 384 g/mol. The van der Waals surface area contributed by atoms with Crippen LogP contribution in [0.3, 0.4) is 0 Å². The van der Waals surface area contributed by atoms with Crippen LogP contribution < -0.4 is 16.2 Å². The van der Waals surface area contributed by atoms with Crippen molar-refractivity contribution in [1.82, 2.24) is 10.9 Å². The summed E-state index contributed by atoms with van der Waals surface area (Å²) in [5.74, 6) is -0.633. The normalized spacial score (nSPS) is 11.7. The number of benzene rings is 1. The highest BCUT2D eigenvalue weighted by Crippen LogP contribution is 2.23. The van der Waals surface area contributed by atoms with Gasteiger partial charge in [0.15, 0.2) is 12.3 Å². The number of thiophene rings is 1. The topological polar surface area (TPSA) is 88.0 Å². The first-order chi connectivity index (χ1) is 13.2. The first-order valence-electron chi connectivity index (χ1n) is 8.75. The van der Waals surface area contributed by atoms with Crippen LogP contribution in [0.15, 0.2) is 64.6 Å². The zero-order valence-corrected chi connectivity index (χ0v) is 15.8. The first-order valence-corrected chi connectivity index (χ1v) is 9.63. The van der Waals surface area contributed by atoms with Crippen LogP contribution in [0.2, 0.25) is 0 Å². The predicted molar refractivity (Wildman–Crippen MR) is 103 cm³/mol. The predicted octanol–water partition coefficient (Wildman–Crippen LogP) is 2.02. The molecule has 0 aliphatic carbocycles. The summed E-state index contributed by atoms with van der Waals surface area (Å²) in [5.41, 5.74) is 7.18. The number of hydrazine groups is 1. The summed E-state index contributed by atoms with van der Waals surface area (Å²) in [6.07, 6.45) is 2.39. The van der Waals surface area contributed by atoms with Gasteiger partial charge in [0.05, 0.1) is 11.1 Å². The van der Waals surface area contributed by atoms with Gasteiger partial charge in [-0.15, -0.1) is 11.3 Å². The van der Waals surface area contributed by atoms with Crippen LogP contribution in [0.1, 0.15) is 39.5 Å². The number of nitrogens with two attached hydrogens (primary N) is 1. The van der Waals surface area contributed by atoms with Crippen molar-refractivity contribution < 1.29 is 19.3 Å². The highest BCUT2D eigenvalue weighted by atomic mass is 32.1. The van der Waals surface area contributed by atoms with Crippen LogP contribution in [0, 0.1) is 0 Å². The second-order valence-electron chi connectivity index (χ2n) is 6.01. The minimum absolute atomic E-state index is 0.0300. The molecular formula is C20H22N3O3S+. The Kier molecular flexibility index (Phi) is 6.40. The van der Waals surface area contributed by atoms with E-state index >= 15 is 0 Å². The summed E-state index contributed by atoms with van der Waals surface area (Å²) in [5, 5.41) is 3.99. The molecule has 1 atom stereocenters. The lowest BCUT2D eigenvalue weighted by Gasteiger charge is -2.15. The fourth-order valence-corrected chi connectivity index (χ4v) is 3.57. The van der Waals surface area contributed by atoms with Crippen molar-refractivity contribution in [3.05, 3.63) is 81.9 Å². The van der Waals surface area contributed by atoms with Gasteiger partial charge in [0, 0.05) is 5.56 Å². The Balaban J connectivity index is 1.59. The van der Waals surface area contributed by atoms with Crippen LogP contribution in [-0.4, -0.2) is 18.4 Å². The molecule has 27 heavy (non-hydrogen) atoms. The molecule has 0 saturated carbocycles. The van der Waals surface area contributed by atoms with E-state index in [4.69, 9.17) is 4.42 Å². The van der Waals surface area contributed by atoms with Crippen molar-refractivity contribution in [3.63, 3.8) is 0 Å². The molecular weight excluding hydrogens is 362 g/mol. The molecule has 4 N–H and O–H groups in total. The van der Waals surface area contributed by atoms with Gasteiger partial charge >= 0.3 is 5.91 Å². The second-order valence-corrected chi connectivity index (χ2v) is 6.99. The maximum Gasteiger partial charge on any atom is 0.305 e. The van der Waals surface area contributed by atoms with E-state index < -0.39 is 5.91 Å². The Morgan fingerprint density at radius 1 is 1.11 bits per heavy atom. The van der Waals surface area contributed by atoms with Gasteiger partial charge in [0.1, 0.15) is 6.04 Å². The number of hydrogen-bond donors (Lipinski definition) is 3. The molecule has 2 amide bonds. The van der Waals surface area contributed by atoms with Crippen molar-refractivity contribution in [2.75, 3.05) is 6.54 Å². The quantitative estimate of drug-likeness (QED) is 0.545. The van der Waals surface area contributed by atoms with Gasteiger partial charge in [0.2, 0.25) is 0 Å². The third-order valence-corrected chi connectivity index (χ3v) is 5.15. The Bertz CT molecular complexity index is 859. The number of furan rings is 1. The van der Waals surface area contributed by atoms with E-state index in [1.54, 1.807) is 17.4 Å². The second kappa shape index (κ2) is 9.16. The minimum atomic E-state index is -0.488. The average Bonchev–Trinajstić information content (AvgIpc) is 3.41. The standard InChI is InChI=1S/C20H21N3O3S/c1-2-14-7-9-15(10-8-14)19(17-6-4-12-27-17)21-13-18(24)22-23-20(25)16-5-3-11-26-16/h3-12,19,21H,2,13H2,1H3,(H,22,24)(H,23,25)/p+1/t19-/m0/s1. The van der Waals surface area contributed by atoms with Crippen LogP contribution in [-0.2, 0) is 11.2 Å². The van der Waals surface area contributed by atoms with E-state index in [1.165, 1.54) is 22.8 Å². The van der Waals surface area contributed by atoms with Crippen LogP contribution in [0.4, 0.5) is 0 Å². The molecule has 0 radical (unpaired) electrons. The molecule has 6 nitrogen and oxygen atoms in total. The molecule has 3 rings (SSSR count). The van der Waals surface area contributed by atoms with Crippen LogP contribution in [0.25, 0.3) is 0 Å². The molecule has 2 aromatic heterocycles. The summed E-state index contributed by atoms with van der Waals surface area (Å²) in [6, 6.07) is 15.7. The zero-order valence-electron chi connectivity index (χ0n) is 15.0.